The number of nitrogens with one attached hydrogen (secondary N) is 1. The number of oxazole rings is 1. The lowest BCUT2D eigenvalue weighted by molar-refractivity contribution is 0.0837. The fraction of sp³-hybridized carbons (Fsp3) is 0.611. The van der Waals surface area contributed by atoms with Gasteiger partial charge in [-0.05, 0) is 33.1 Å². The highest BCUT2D eigenvalue weighted by atomic mass is 16.5. The van der Waals surface area contributed by atoms with E-state index in [1.807, 2.05) is 18.7 Å². The number of carbonyl (C=O) groups is 1. The highest BCUT2D eigenvalue weighted by molar-refractivity contribution is 5.93. The van der Waals surface area contributed by atoms with Crippen molar-refractivity contribution < 1.29 is 13.9 Å². The van der Waals surface area contributed by atoms with Gasteiger partial charge in [-0.3, -0.25) is 9.48 Å². The summed E-state index contributed by atoms with van der Waals surface area (Å²) in [6.07, 6.45) is 4.43. The van der Waals surface area contributed by atoms with Gasteiger partial charge in [-0.25, -0.2) is 4.98 Å². The van der Waals surface area contributed by atoms with Gasteiger partial charge in [-0.1, -0.05) is 0 Å². The van der Waals surface area contributed by atoms with Crippen LogP contribution in [0.25, 0.3) is 0 Å². The minimum absolute atomic E-state index is 0.0192. The number of ether oxygens (including phenoxy) is 1. The summed E-state index contributed by atoms with van der Waals surface area (Å²) in [7, 11) is 1.95. The van der Waals surface area contributed by atoms with E-state index in [9.17, 15) is 4.79 Å². The molecule has 2 aliphatic rings. The number of aromatic nitrogens is 3. The number of hydrogen-bond acceptors (Lipinski definition) is 5. The van der Waals surface area contributed by atoms with Crippen molar-refractivity contribution in [3.63, 3.8) is 0 Å². The van der Waals surface area contributed by atoms with Crippen LogP contribution in [-0.2, 0) is 11.8 Å². The second kappa shape index (κ2) is 6.29. The minimum atomic E-state index is -0.152. The topological polar surface area (TPSA) is 82.2 Å². The fourth-order valence-electron chi connectivity index (χ4n) is 3.73. The summed E-state index contributed by atoms with van der Waals surface area (Å²) in [5.41, 5.74) is 3.70. The summed E-state index contributed by atoms with van der Waals surface area (Å²) in [4.78, 5) is 16.6. The maximum Gasteiger partial charge on any atom is 0.273 e. The van der Waals surface area contributed by atoms with Gasteiger partial charge in [0.05, 0.1) is 11.8 Å². The molecule has 25 heavy (non-hydrogen) atoms. The van der Waals surface area contributed by atoms with E-state index >= 15 is 0 Å². The molecule has 0 spiro atoms. The van der Waals surface area contributed by atoms with Crippen LogP contribution in [0, 0.1) is 19.8 Å². The summed E-state index contributed by atoms with van der Waals surface area (Å²) >= 11 is 0. The average molecular weight is 344 g/mol. The molecule has 0 aromatic carbocycles. The average Bonchev–Trinajstić information content (AvgIpc) is 3.03. The van der Waals surface area contributed by atoms with Crippen molar-refractivity contribution in [2.24, 2.45) is 13.0 Å². The Balaban J connectivity index is 1.45. The van der Waals surface area contributed by atoms with Gasteiger partial charge in [0.2, 0.25) is 0 Å². The molecule has 1 saturated carbocycles. The number of hydrogen-bond donors (Lipinski definition) is 1. The molecule has 2 aromatic heterocycles. The van der Waals surface area contributed by atoms with Crippen molar-refractivity contribution in [2.45, 2.75) is 45.1 Å². The van der Waals surface area contributed by atoms with Crippen LogP contribution in [-0.4, -0.2) is 33.8 Å². The maximum atomic E-state index is 12.5. The van der Waals surface area contributed by atoms with E-state index in [2.05, 4.69) is 22.3 Å². The van der Waals surface area contributed by atoms with Crippen LogP contribution in [0.5, 0.6) is 0 Å². The molecule has 2 atom stereocenters. The Hall–Kier alpha value is -2.15. The van der Waals surface area contributed by atoms with Crippen LogP contribution in [0.4, 0.5) is 0 Å². The first-order chi connectivity index (χ1) is 12.1. The van der Waals surface area contributed by atoms with Gasteiger partial charge in [0.1, 0.15) is 5.76 Å². The molecule has 7 heteroatoms. The fourth-order valence-corrected chi connectivity index (χ4v) is 3.73. The third-order valence-corrected chi connectivity index (χ3v) is 5.35. The molecule has 0 unspecified atom stereocenters. The molecule has 1 amide bonds. The van der Waals surface area contributed by atoms with Crippen molar-refractivity contribution in [1.29, 1.82) is 0 Å². The molecule has 2 aromatic rings. The lowest BCUT2D eigenvalue weighted by Gasteiger charge is -2.19. The van der Waals surface area contributed by atoms with Gasteiger partial charge in [0.25, 0.3) is 5.91 Å². The molecule has 0 bridgehead atoms. The lowest BCUT2D eigenvalue weighted by Crippen LogP contribution is -2.31. The molecule has 134 valence electrons. The van der Waals surface area contributed by atoms with Crippen molar-refractivity contribution in [3.8, 4) is 0 Å². The van der Waals surface area contributed by atoms with E-state index < -0.39 is 0 Å². The third-order valence-electron chi connectivity index (χ3n) is 5.35. The molecular weight excluding hydrogens is 320 g/mol. The van der Waals surface area contributed by atoms with Gasteiger partial charge in [0.15, 0.2) is 12.1 Å². The first-order valence-corrected chi connectivity index (χ1v) is 8.89. The van der Waals surface area contributed by atoms with E-state index in [1.165, 1.54) is 6.39 Å². The number of carbonyl (C=O) groups excluding carboxylic acids is 1. The Labute approximate surface area is 146 Å². The van der Waals surface area contributed by atoms with Gasteiger partial charge in [-0.15, -0.1) is 0 Å². The molecule has 1 aliphatic heterocycles. The monoisotopic (exact) mass is 344 g/mol. The number of rotatable bonds is 5. The second-order valence-corrected chi connectivity index (χ2v) is 7.10. The van der Waals surface area contributed by atoms with Gasteiger partial charge < -0.3 is 14.5 Å². The Morgan fingerprint density at radius 3 is 2.84 bits per heavy atom. The molecule has 1 N–H and O–H groups in total. The van der Waals surface area contributed by atoms with Crippen molar-refractivity contribution in [3.05, 3.63) is 34.8 Å². The number of aryl methyl sites for hydroxylation is 2. The normalized spacial score (nSPS) is 23.2. The Bertz CT molecular complexity index is 790. The van der Waals surface area contributed by atoms with Crippen molar-refractivity contribution in [2.75, 3.05) is 13.2 Å². The van der Waals surface area contributed by atoms with E-state index in [0.717, 1.165) is 42.0 Å². The quantitative estimate of drug-likeness (QED) is 0.901. The Morgan fingerprint density at radius 1 is 1.36 bits per heavy atom. The predicted octanol–water partition coefficient (Wildman–Crippen LogP) is 2.41. The summed E-state index contributed by atoms with van der Waals surface area (Å²) in [5, 5.41) is 7.52. The first-order valence-electron chi connectivity index (χ1n) is 8.89. The molecule has 1 aliphatic carbocycles. The van der Waals surface area contributed by atoms with Crippen LogP contribution in [0.3, 0.4) is 0 Å². The van der Waals surface area contributed by atoms with E-state index in [4.69, 9.17) is 9.15 Å². The summed E-state index contributed by atoms with van der Waals surface area (Å²) in [6, 6.07) is 0. The predicted molar refractivity (Wildman–Crippen MR) is 90.3 cm³/mol. The standard InChI is InChI=1S/C18H24N4O3/c1-10-14(11(2)22(3)21-10)16-13(6-7-24-16)8-19-18(23)15-17(12-4-5-12)25-9-20-15/h9,12-13,16H,4-8H2,1-3H3,(H,19,23)/t13-,16+/m1/s1. The minimum Gasteiger partial charge on any atom is -0.447 e. The zero-order chi connectivity index (χ0) is 17.6. The van der Waals surface area contributed by atoms with Gasteiger partial charge >= 0.3 is 0 Å². The highest BCUT2D eigenvalue weighted by Crippen LogP contribution is 2.41. The van der Waals surface area contributed by atoms with E-state index in [1.54, 1.807) is 0 Å². The van der Waals surface area contributed by atoms with E-state index in [0.29, 0.717) is 24.8 Å². The number of nitrogens with zero attached hydrogens (tertiary/aromatic N) is 3. The van der Waals surface area contributed by atoms with Crippen molar-refractivity contribution in [1.82, 2.24) is 20.1 Å². The Kier molecular flexibility index (Phi) is 4.11. The summed E-state index contributed by atoms with van der Waals surface area (Å²) in [5.74, 6) is 1.19. The summed E-state index contributed by atoms with van der Waals surface area (Å²) < 4.78 is 13.3. The maximum absolute atomic E-state index is 12.5. The SMILES string of the molecule is Cc1nn(C)c(C)c1[C@H]1OCC[C@@H]1CNC(=O)c1ncoc1C1CC1. The first kappa shape index (κ1) is 16.3. The number of amides is 1. The van der Waals surface area contributed by atoms with Crippen molar-refractivity contribution >= 4 is 5.91 Å². The Morgan fingerprint density at radius 2 is 2.16 bits per heavy atom. The molecule has 2 fully saturated rings. The highest BCUT2D eigenvalue weighted by Gasteiger charge is 2.35. The zero-order valence-corrected chi connectivity index (χ0v) is 14.9. The van der Waals surface area contributed by atoms with Crippen LogP contribution in [0.15, 0.2) is 10.8 Å². The van der Waals surface area contributed by atoms with Gasteiger partial charge in [0, 0.05) is 43.3 Å². The smallest absolute Gasteiger partial charge is 0.273 e. The molecule has 0 radical (unpaired) electrons. The van der Waals surface area contributed by atoms with Crippen LogP contribution in [0.2, 0.25) is 0 Å². The molecule has 4 rings (SSSR count). The van der Waals surface area contributed by atoms with Crippen LogP contribution in [0.1, 0.15) is 64.5 Å². The third kappa shape index (κ3) is 2.97. The largest absolute Gasteiger partial charge is 0.447 e. The second-order valence-electron chi connectivity index (χ2n) is 7.10. The van der Waals surface area contributed by atoms with E-state index in [-0.39, 0.29) is 17.9 Å². The van der Waals surface area contributed by atoms with Crippen LogP contribution < -0.4 is 5.32 Å². The lowest BCUT2D eigenvalue weighted by atomic mass is 9.94. The molecule has 3 heterocycles. The van der Waals surface area contributed by atoms with Crippen LogP contribution >= 0.6 is 0 Å². The summed E-state index contributed by atoms with van der Waals surface area (Å²) in [6.45, 7) is 5.34. The van der Waals surface area contributed by atoms with Gasteiger partial charge in [-0.2, -0.15) is 5.10 Å². The molecule has 1 saturated heterocycles. The molecule has 7 nitrogen and oxygen atoms in total. The molecular formula is C18H24N4O3. The zero-order valence-electron chi connectivity index (χ0n) is 14.9.